The highest BCUT2D eigenvalue weighted by Crippen LogP contribution is 2.23. The van der Waals surface area contributed by atoms with Crippen molar-refractivity contribution in [3.63, 3.8) is 0 Å². The number of carbonyl (C=O) groups excluding carboxylic acids is 1. The van der Waals surface area contributed by atoms with Crippen molar-refractivity contribution in [2.24, 2.45) is 0 Å². The lowest BCUT2D eigenvalue weighted by atomic mass is 10.1. The third-order valence-corrected chi connectivity index (χ3v) is 6.63. The molecule has 6 nitrogen and oxygen atoms in total. The van der Waals surface area contributed by atoms with Gasteiger partial charge in [0.2, 0.25) is 5.88 Å². The van der Waals surface area contributed by atoms with Gasteiger partial charge in [-0.25, -0.2) is 13.4 Å². The zero-order valence-corrected chi connectivity index (χ0v) is 18.9. The Morgan fingerprint density at radius 3 is 2.36 bits per heavy atom. The summed E-state index contributed by atoms with van der Waals surface area (Å²) in [4.78, 5) is 17.1. The van der Waals surface area contributed by atoms with Gasteiger partial charge in [-0.1, -0.05) is 41.9 Å². The molecular weight excluding hydrogens is 460 g/mol. The van der Waals surface area contributed by atoms with Gasteiger partial charge in [-0.05, 0) is 60.2 Å². The van der Waals surface area contributed by atoms with Gasteiger partial charge in [0.05, 0.1) is 22.5 Å². The van der Waals surface area contributed by atoms with Crippen LogP contribution in [0.2, 0.25) is 5.02 Å². The van der Waals surface area contributed by atoms with E-state index in [0.29, 0.717) is 33.5 Å². The molecule has 1 aromatic heterocycles. The molecule has 4 aromatic rings. The van der Waals surface area contributed by atoms with E-state index in [9.17, 15) is 13.2 Å². The van der Waals surface area contributed by atoms with Crippen LogP contribution in [0, 0.1) is 0 Å². The molecule has 0 fully saturated rings. The van der Waals surface area contributed by atoms with Crippen molar-refractivity contribution < 1.29 is 17.9 Å². The number of halogens is 1. The molecule has 1 heterocycles. The Kier molecular flexibility index (Phi) is 6.72. The first-order valence-corrected chi connectivity index (χ1v) is 12.0. The second-order valence-electron chi connectivity index (χ2n) is 7.17. The Bertz CT molecular complexity index is 1360. The van der Waals surface area contributed by atoms with Gasteiger partial charge in [-0.15, -0.1) is 0 Å². The van der Waals surface area contributed by atoms with E-state index in [-0.39, 0.29) is 16.6 Å². The predicted octanol–water partition coefficient (Wildman–Crippen LogP) is 5.75. The Hall–Kier alpha value is -3.68. The van der Waals surface area contributed by atoms with Crippen LogP contribution in [0.5, 0.6) is 11.6 Å². The lowest BCUT2D eigenvalue weighted by Crippen LogP contribution is -2.13. The average Bonchev–Trinajstić information content (AvgIpc) is 2.82. The number of amides is 1. The van der Waals surface area contributed by atoms with Gasteiger partial charge in [0, 0.05) is 16.7 Å². The van der Waals surface area contributed by atoms with E-state index < -0.39 is 9.84 Å². The van der Waals surface area contributed by atoms with Gasteiger partial charge < -0.3 is 10.1 Å². The Morgan fingerprint density at radius 2 is 1.67 bits per heavy atom. The molecule has 0 aliphatic rings. The highest BCUT2D eigenvalue weighted by Gasteiger charge is 2.16. The molecule has 0 saturated heterocycles. The summed E-state index contributed by atoms with van der Waals surface area (Å²) in [5, 5.41) is 3.36. The first-order valence-electron chi connectivity index (χ1n) is 9.97. The maximum Gasteiger partial charge on any atom is 0.255 e. The Morgan fingerprint density at radius 1 is 0.909 bits per heavy atom. The van der Waals surface area contributed by atoms with Crippen LogP contribution in [-0.4, -0.2) is 19.3 Å². The monoisotopic (exact) mass is 478 g/mol. The van der Waals surface area contributed by atoms with Crippen molar-refractivity contribution in [2.45, 2.75) is 10.6 Å². The minimum atomic E-state index is -3.51. The number of aromatic nitrogens is 1. The van der Waals surface area contributed by atoms with Gasteiger partial charge >= 0.3 is 0 Å². The SMILES string of the molecule is O=C(Nc1ccc(Oc2ccc(Cl)cc2)nc1)c1cccc(CS(=O)(=O)c2ccccc2)c1. The third-order valence-electron chi connectivity index (χ3n) is 4.68. The second kappa shape index (κ2) is 9.85. The number of nitrogens with zero attached hydrogens (tertiary/aromatic N) is 1. The molecule has 0 spiro atoms. The normalized spacial score (nSPS) is 11.1. The third kappa shape index (κ3) is 5.97. The first-order chi connectivity index (χ1) is 15.9. The Balaban J connectivity index is 1.42. The molecule has 0 radical (unpaired) electrons. The van der Waals surface area contributed by atoms with Crippen LogP contribution in [0.4, 0.5) is 5.69 Å². The Labute approximate surface area is 196 Å². The van der Waals surface area contributed by atoms with Crippen LogP contribution in [0.3, 0.4) is 0 Å². The van der Waals surface area contributed by atoms with Gasteiger partial charge in [0.25, 0.3) is 5.91 Å². The molecular formula is C25H19ClN2O4S. The summed E-state index contributed by atoms with van der Waals surface area (Å²) in [5.74, 6) is 0.382. The van der Waals surface area contributed by atoms with E-state index in [0.717, 1.165) is 0 Å². The number of sulfone groups is 1. The average molecular weight is 479 g/mol. The number of ether oxygens (including phenoxy) is 1. The van der Waals surface area contributed by atoms with E-state index >= 15 is 0 Å². The van der Waals surface area contributed by atoms with E-state index in [1.54, 1.807) is 91.0 Å². The van der Waals surface area contributed by atoms with Crippen molar-refractivity contribution in [1.82, 2.24) is 4.98 Å². The smallest absolute Gasteiger partial charge is 0.255 e. The van der Waals surface area contributed by atoms with Crippen molar-refractivity contribution in [3.05, 3.63) is 113 Å². The summed E-state index contributed by atoms with van der Waals surface area (Å²) in [6.07, 6.45) is 1.48. The number of rotatable bonds is 7. The lowest BCUT2D eigenvalue weighted by molar-refractivity contribution is 0.102. The summed E-state index contributed by atoms with van der Waals surface area (Å²) >= 11 is 5.86. The van der Waals surface area contributed by atoms with Gasteiger partial charge in [-0.2, -0.15) is 0 Å². The molecule has 0 atom stereocenters. The fourth-order valence-corrected chi connectivity index (χ4v) is 4.56. The van der Waals surface area contributed by atoms with Gasteiger partial charge in [-0.3, -0.25) is 4.79 Å². The molecule has 1 amide bonds. The molecule has 0 saturated carbocycles. The van der Waals surface area contributed by atoms with Crippen LogP contribution in [0.1, 0.15) is 15.9 Å². The number of hydrogen-bond acceptors (Lipinski definition) is 5. The molecule has 4 rings (SSSR count). The van der Waals surface area contributed by atoms with Gasteiger partial charge in [0.1, 0.15) is 5.75 Å². The van der Waals surface area contributed by atoms with Crippen molar-refractivity contribution in [1.29, 1.82) is 0 Å². The molecule has 0 aliphatic carbocycles. The summed E-state index contributed by atoms with van der Waals surface area (Å²) in [6.45, 7) is 0. The van der Waals surface area contributed by atoms with Crippen molar-refractivity contribution >= 4 is 33.0 Å². The fraction of sp³-hybridized carbons (Fsp3) is 0.0400. The minimum Gasteiger partial charge on any atom is -0.439 e. The summed E-state index contributed by atoms with van der Waals surface area (Å²) < 4.78 is 30.9. The van der Waals surface area contributed by atoms with Crippen LogP contribution in [0.15, 0.2) is 102 Å². The van der Waals surface area contributed by atoms with Gasteiger partial charge in [0.15, 0.2) is 9.84 Å². The number of benzene rings is 3. The van der Waals surface area contributed by atoms with Crippen molar-refractivity contribution in [2.75, 3.05) is 5.32 Å². The molecule has 0 aliphatic heterocycles. The summed E-state index contributed by atoms with van der Waals surface area (Å²) in [6, 6.07) is 24.9. The number of carbonyl (C=O) groups is 1. The van der Waals surface area contributed by atoms with Crippen LogP contribution < -0.4 is 10.1 Å². The molecule has 8 heteroatoms. The maximum atomic E-state index is 12.7. The lowest BCUT2D eigenvalue weighted by Gasteiger charge is -2.09. The number of nitrogens with one attached hydrogen (secondary N) is 1. The van der Waals surface area contributed by atoms with E-state index in [1.807, 2.05) is 0 Å². The van der Waals surface area contributed by atoms with Crippen LogP contribution in [-0.2, 0) is 15.6 Å². The highest BCUT2D eigenvalue weighted by molar-refractivity contribution is 7.90. The van der Waals surface area contributed by atoms with E-state index in [4.69, 9.17) is 16.3 Å². The topological polar surface area (TPSA) is 85.4 Å². The number of hydrogen-bond donors (Lipinski definition) is 1. The molecule has 3 aromatic carbocycles. The zero-order valence-electron chi connectivity index (χ0n) is 17.3. The molecule has 0 unspecified atom stereocenters. The second-order valence-corrected chi connectivity index (χ2v) is 9.59. The standard InChI is InChI=1S/C25H19ClN2O4S/c26-20-9-12-22(13-10-20)32-24-14-11-21(16-27-24)28-25(29)19-6-4-5-18(15-19)17-33(30,31)23-7-2-1-3-8-23/h1-16H,17H2,(H,28,29). The predicted molar refractivity (Wildman–Crippen MR) is 127 cm³/mol. The highest BCUT2D eigenvalue weighted by atomic mass is 35.5. The summed E-state index contributed by atoms with van der Waals surface area (Å²) in [7, 11) is -3.51. The van der Waals surface area contributed by atoms with Crippen molar-refractivity contribution in [3.8, 4) is 11.6 Å². The summed E-state index contributed by atoms with van der Waals surface area (Å²) in [5.41, 5.74) is 1.35. The molecule has 1 N–H and O–H groups in total. The number of pyridine rings is 1. The molecule has 0 bridgehead atoms. The van der Waals surface area contributed by atoms with Crippen LogP contribution >= 0.6 is 11.6 Å². The largest absolute Gasteiger partial charge is 0.439 e. The number of anilines is 1. The van der Waals surface area contributed by atoms with E-state index in [2.05, 4.69) is 10.3 Å². The van der Waals surface area contributed by atoms with E-state index in [1.165, 1.54) is 6.20 Å². The molecule has 166 valence electrons. The van der Waals surface area contributed by atoms with Crippen LogP contribution in [0.25, 0.3) is 0 Å². The zero-order chi connectivity index (χ0) is 23.3. The fourth-order valence-electron chi connectivity index (χ4n) is 3.07. The maximum absolute atomic E-state index is 12.7. The first kappa shape index (κ1) is 22.5. The minimum absolute atomic E-state index is 0.198. The molecule has 33 heavy (non-hydrogen) atoms. The quantitative estimate of drug-likeness (QED) is 0.365.